The van der Waals surface area contributed by atoms with Gasteiger partial charge in [-0.3, -0.25) is 4.52 Å². The molecule has 2 aromatic rings. The smallest absolute Gasteiger partial charge is 0.376 e. The number of hydrogen-bond donors (Lipinski definition) is 3. The van der Waals surface area contributed by atoms with E-state index in [4.69, 9.17) is 24.8 Å². The summed E-state index contributed by atoms with van der Waals surface area (Å²) in [5, 5.41) is 0. The third-order valence-electron chi connectivity index (χ3n) is 6.66. The van der Waals surface area contributed by atoms with Gasteiger partial charge in [0.15, 0.2) is 0 Å². The molecule has 0 saturated heterocycles. The minimum Gasteiger partial charge on any atom is -0.376 e. The molecule has 0 aliphatic heterocycles. The maximum atomic E-state index is 11.0. The monoisotopic (exact) mass is 445 g/mol. The molecule has 0 radical (unpaired) electrons. The Morgan fingerprint density at radius 3 is 2.68 bits per heavy atom. The van der Waals surface area contributed by atoms with Crippen LogP contribution in [0, 0.1) is 5.92 Å². The summed E-state index contributed by atoms with van der Waals surface area (Å²) in [7, 11) is -4.49. The number of rotatable bonds is 8. The Morgan fingerprint density at radius 2 is 1.90 bits per heavy atom. The predicted octanol–water partition coefficient (Wildman–Crippen LogP) is 4.08. The Morgan fingerprint density at radius 1 is 1.10 bits per heavy atom. The molecule has 0 amide bonds. The first-order chi connectivity index (χ1) is 14.8. The molecule has 1 saturated carbocycles. The Kier molecular flexibility index (Phi) is 6.97. The van der Waals surface area contributed by atoms with Gasteiger partial charge in [-0.05, 0) is 72.6 Å². The Hall–Kier alpha value is -1.53. The van der Waals surface area contributed by atoms with Gasteiger partial charge in [0.25, 0.3) is 0 Å². The standard InChI is InChI=1S/C24H32NO5P/c25-24(17-30-31(26,27)28)11-10-23(14-24)22-9-8-20-12-19(6-7-21(20)13-22)16-29-15-18-4-2-1-3-5-18/h1-5,8-9,13,19,23H,6-7,10-12,14-17,25H2,(H2,26,27,28)/t19?,23-,24+/m0/s1. The zero-order chi connectivity index (χ0) is 21.9. The number of hydrogen-bond acceptors (Lipinski definition) is 4. The molecule has 1 fully saturated rings. The van der Waals surface area contributed by atoms with Crippen LogP contribution in [-0.2, 0) is 33.3 Å². The van der Waals surface area contributed by atoms with E-state index in [9.17, 15) is 4.57 Å². The fourth-order valence-electron chi connectivity index (χ4n) is 4.95. The molecule has 31 heavy (non-hydrogen) atoms. The van der Waals surface area contributed by atoms with Crippen LogP contribution in [0.3, 0.4) is 0 Å². The molecule has 4 rings (SSSR count). The molecule has 4 N–H and O–H groups in total. The van der Waals surface area contributed by atoms with Crippen molar-refractivity contribution in [3.63, 3.8) is 0 Å². The van der Waals surface area contributed by atoms with Crippen LogP contribution in [-0.4, -0.2) is 28.5 Å². The number of aryl methyl sites for hydroxylation is 1. The van der Waals surface area contributed by atoms with Gasteiger partial charge < -0.3 is 20.3 Å². The summed E-state index contributed by atoms with van der Waals surface area (Å²) in [6.45, 7) is 1.34. The van der Waals surface area contributed by atoms with E-state index in [1.165, 1.54) is 22.3 Å². The summed E-state index contributed by atoms with van der Waals surface area (Å²) in [5.74, 6) is 0.859. The predicted molar refractivity (Wildman–Crippen MR) is 120 cm³/mol. The van der Waals surface area contributed by atoms with Crippen LogP contribution in [0.2, 0.25) is 0 Å². The van der Waals surface area contributed by atoms with Crippen LogP contribution in [0.1, 0.15) is 53.9 Å². The second-order valence-electron chi connectivity index (χ2n) is 9.20. The normalized spacial score (nSPS) is 26.0. The molecule has 3 atom stereocenters. The first-order valence-corrected chi connectivity index (χ1v) is 12.6. The highest BCUT2D eigenvalue weighted by Gasteiger charge is 2.38. The third kappa shape index (κ3) is 6.26. The van der Waals surface area contributed by atoms with Crippen molar-refractivity contribution in [2.24, 2.45) is 11.7 Å². The van der Waals surface area contributed by atoms with Gasteiger partial charge in [0.05, 0.1) is 19.8 Å². The molecule has 168 valence electrons. The van der Waals surface area contributed by atoms with Gasteiger partial charge in [-0.15, -0.1) is 0 Å². The molecule has 6 nitrogen and oxygen atoms in total. The lowest BCUT2D eigenvalue weighted by Crippen LogP contribution is -2.41. The summed E-state index contributed by atoms with van der Waals surface area (Å²) >= 11 is 0. The van der Waals surface area contributed by atoms with E-state index in [0.29, 0.717) is 31.3 Å². The van der Waals surface area contributed by atoms with Crippen molar-refractivity contribution in [1.29, 1.82) is 0 Å². The number of phosphoric ester groups is 1. The summed E-state index contributed by atoms with van der Waals surface area (Å²) < 4.78 is 21.7. The van der Waals surface area contributed by atoms with Crippen molar-refractivity contribution in [1.82, 2.24) is 0 Å². The van der Waals surface area contributed by atoms with E-state index in [1.807, 2.05) is 18.2 Å². The number of benzene rings is 2. The highest BCUT2D eigenvalue weighted by atomic mass is 31.2. The molecule has 1 unspecified atom stereocenters. The molecule has 2 aliphatic rings. The highest BCUT2D eigenvalue weighted by molar-refractivity contribution is 7.46. The first kappa shape index (κ1) is 22.7. The van der Waals surface area contributed by atoms with Crippen molar-refractivity contribution in [3.8, 4) is 0 Å². The SMILES string of the molecule is N[C@]1(COP(=O)(O)O)CC[C@H](c2ccc3c(c2)CCC(COCc2ccccc2)C3)C1. The molecule has 0 heterocycles. The average Bonchev–Trinajstić information content (AvgIpc) is 3.15. The zero-order valence-corrected chi connectivity index (χ0v) is 18.7. The van der Waals surface area contributed by atoms with E-state index in [-0.39, 0.29) is 6.61 Å². The second-order valence-corrected chi connectivity index (χ2v) is 10.4. The maximum Gasteiger partial charge on any atom is 0.469 e. The lowest BCUT2D eigenvalue weighted by molar-refractivity contribution is 0.0823. The summed E-state index contributed by atoms with van der Waals surface area (Å²) in [6.07, 6.45) is 5.54. The van der Waals surface area contributed by atoms with Gasteiger partial charge in [0.1, 0.15) is 0 Å². The van der Waals surface area contributed by atoms with Crippen molar-refractivity contribution in [3.05, 3.63) is 70.8 Å². The van der Waals surface area contributed by atoms with Crippen molar-refractivity contribution >= 4 is 7.82 Å². The van der Waals surface area contributed by atoms with Crippen LogP contribution in [0.15, 0.2) is 48.5 Å². The number of fused-ring (bicyclic) bond motifs is 1. The second kappa shape index (κ2) is 9.53. The van der Waals surface area contributed by atoms with Gasteiger partial charge >= 0.3 is 7.82 Å². The molecule has 0 bridgehead atoms. The minimum absolute atomic E-state index is 0.108. The highest BCUT2D eigenvalue weighted by Crippen LogP contribution is 2.44. The summed E-state index contributed by atoms with van der Waals surface area (Å²) in [4.78, 5) is 17.9. The topological polar surface area (TPSA) is 102 Å². The van der Waals surface area contributed by atoms with Crippen molar-refractivity contribution < 1.29 is 23.6 Å². The van der Waals surface area contributed by atoms with Crippen molar-refractivity contribution in [2.45, 2.75) is 56.6 Å². The lowest BCUT2D eigenvalue weighted by Gasteiger charge is -2.26. The largest absolute Gasteiger partial charge is 0.469 e. The first-order valence-electron chi connectivity index (χ1n) is 11.0. The lowest BCUT2D eigenvalue weighted by atomic mass is 9.82. The Labute approximate surface area is 184 Å². The van der Waals surface area contributed by atoms with E-state index in [2.05, 4.69) is 30.3 Å². The fraction of sp³-hybridized carbons (Fsp3) is 0.500. The van der Waals surface area contributed by atoms with Gasteiger partial charge in [-0.2, -0.15) is 0 Å². The molecule has 2 aliphatic carbocycles. The molecular weight excluding hydrogens is 413 g/mol. The third-order valence-corrected chi connectivity index (χ3v) is 7.13. The summed E-state index contributed by atoms with van der Waals surface area (Å²) in [5.41, 5.74) is 11.0. The molecular formula is C24H32NO5P. The summed E-state index contributed by atoms with van der Waals surface area (Å²) in [6, 6.07) is 17.0. The van der Waals surface area contributed by atoms with E-state index >= 15 is 0 Å². The molecule has 7 heteroatoms. The average molecular weight is 445 g/mol. The number of ether oxygens (including phenoxy) is 1. The van der Waals surface area contributed by atoms with E-state index in [1.54, 1.807) is 0 Å². The number of nitrogens with two attached hydrogens (primary N) is 1. The van der Waals surface area contributed by atoms with Crippen LogP contribution >= 0.6 is 7.82 Å². The van der Waals surface area contributed by atoms with Crippen LogP contribution < -0.4 is 5.73 Å². The maximum absolute atomic E-state index is 11.0. The van der Waals surface area contributed by atoms with Gasteiger partial charge in [0, 0.05) is 5.54 Å². The van der Waals surface area contributed by atoms with E-state index in [0.717, 1.165) is 32.3 Å². The quantitative estimate of drug-likeness (QED) is 0.529. The Bertz CT molecular complexity index is 931. The molecule has 0 aromatic heterocycles. The van der Waals surface area contributed by atoms with Gasteiger partial charge in [-0.1, -0.05) is 48.5 Å². The van der Waals surface area contributed by atoms with E-state index < -0.39 is 13.4 Å². The number of phosphoric acid groups is 1. The fourth-order valence-corrected chi connectivity index (χ4v) is 5.37. The molecule has 0 spiro atoms. The van der Waals surface area contributed by atoms with Crippen LogP contribution in [0.4, 0.5) is 0 Å². The minimum atomic E-state index is -4.49. The van der Waals surface area contributed by atoms with Gasteiger partial charge in [-0.25, -0.2) is 4.57 Å². The van der Waals surface area contributed by atoms with Crippen LogP contribution in [0.25, 0.3) is 0 Å². The Balaban J connectivity index is 1.30. The zero-order valence-electron chi connectivity index (χ0n) is 17.8. The van der Waals surface area contributed by atoms with Crippen LogP contribution in [0.5, 0.6) is 0 Å². The van der Waals surface area contributed by atoms with Crippen molar-refractivity contribution in [2.75, 3.05) is 13.2 Å². The van der Waals surface area contributed by atoms with Gasteiger partial charge in [0.2, 0.25) is 0 Å². The molecule has 2 aromatic carbocycles.